The Labute approximate surface area is 124 Å². The molecule has 0 radical (unpaired) electrons. The van der Waals surface area contributed by atoms with Crippen molar-refractivity contribution in [1.82, 2.24) is 0 Å². The predicted molar refractivity (Wildman–Crippen MR) is 86.8 cm³/mol. The molecule has 0 spiro atoms. The maximum Gasteiger partial charge on any atom is 0.132 e. The van der Waals surface area contributed by atoms with Crippen LogP contribution in [0.5, 0.6) is 5.75 Å². The molecule has 100 valence electrons. The number of para-hydroxylation sites is 1. The van der Waals surface area contributed by atoms with E-state index in [9.17, 15) is 0 Å². The second kappa shape index (κ2) is 7.51. The molecule has 0 bridgehead atoms. The molecule has 1 nitrogen and oxygen atoms in total. The summed E-state index contributed by atoms with van der Waals surface area (Å²) in [6, 6.07) is 18.7. The predicted octanol–water partition coefficient (Wildman–Crippen LogP) is 4.50. The number of rotatable bonds is 6. The molecule has 1 atom stereocenters. The summed E-state index contributed by atoms with van der Waals surface area (Å²) >= 11 is 6.30. The molecule has 0 aliphatic heterocycles. The molecule has 0 heterocycles. The Bertz CT molecular complexity index is 499. The first kappa shape index (κ1) is 14.4. The molecule has 0 fully saturated rings. The van der Waals surface area contributed by atoms with Crippen LogP contribution >= 0.6 is 24.4 Å². The van der Waals surface area contributed by atoms with E-state index in [1.165, 1.54) is 10.5 Å². The van der Waals surface area contributed by atoms with E-state index in [2.05, 4.69) is 43.0 Å². The van der Waals surface area contributed by atoms with Crippen LogP contribution in [-0.2, 0) is 0 Å². The summed E-state index contributed by atoms with van der Waals surface area (Å²) in [7, 11) is 1.71. The van der Waals surface area contributed by atoms with Crippen molar-refractivity contribution >= 4 is 24.4 Å². The molecule has 0 aliphatic carbocycles. The van der Waals surface area contributed by atoms with Crippen molar-refractivity contribution in [1.29, 1.82) is 0 Å². The summed E-state index contributed by atoms with van der Waals surface area (Å²) in [4.78, 5) is 1.19. The average molecular weight is 290 g/mol. The fourth-order valence-corrected chi connectivity index (χ4v) is 3.58. The Morgan fingerprint density at radius 3 is 2.42 bits per heavy atom. The highest BCUT2D eigenvalue weighted by Gasteiger charge is 2.11. The topological polar surface area (TPSA) is 9.23 Å². The van der Waals surface area contributed by atoms with Gasteiger partial charge in [0.1, 0.15) is 5.75 Å². The van der Waals surface area contributed by atoms with Gasteiger partial charge in [-0.1, -0.05) is 42.5 Å². The van der Waals surface area contributed by atoms with Crippen LogP contribution in [0.3, 0.4) is 0 Å². The van der Waals surface area contributed by atoms with Gasteiger partial charge in [0.25, 0.3) is 0 Å². The Kier molecular flexibility index (Phi) is 5.67. The summed E-state index contributed by atoms with van der Waals surface area (Å²) in [5.74, 6) is 3.26. The molecule has 2 aromatic carbocycles. The third kappa shape index (κ3) is 3.95. The molecule has 0 aromatic heterocycles. The molecule has 2 rings (SSSR count). The van der Waals surface area contributed by atoms with Gasteiger partial charge >= 0.3 is 0 Å². The van der Waals surface area contributed by atoms with E-state index in [4.69, 9.17) is 4.74 Å². The minimum atomic E-state index is 0.458. The monoisotopic (exact) mass is 290 g/mol. The van der Waals surface area contributed by atoms with E-state index in [1.54, 1.807) is 7.11 Å². The van der Waals surface area contributed by atoms with Gasteiger partial charge in [-0.05, 0) is 23.4 Å². The SMILES string of the molecule is COc1ccccc1SCC(CS)c1ccccc1. The van der Waals surface area contributed by atoms with E-state index < -0.39 is 0 Å². The van der Waals surface area contributed by atoms with Crippen molar-refractivity contribution in [2.75, 3.05) is 18.6 Å². The van der Waals surface area contributed by atoms with Gasteiger partial charge in [0.2, 0.25) is 0 Å². The number of hydrogen-bond acceptors (Lipinski definition) is 3. The summed E-state index contributed by atoms with van der Waals surface area (Å²) in [5, 5.41) is 0. The molecule has 0 N–H and O–H groups in total. The van der Waals surface area contributed by atoms with Crippen LogP contribution < -0.4 is 4.74 Å². The van der Waals surface area contributed by atoms with Gasteiger partial charge in [0.15, 0.2) is 0 Å². The number of thioether (sulfide) groups is 1. The van der Waals surface area contributed by atoms with Gasteiger partial charge in [-0.3, -0.25) is 0 Å². The lowest BCUT2D eigenvalue weighted by Crippen LogP contribution is -2.03. The lowest BCUT2D eigenvalue weighted by atomic mass is 10.0. The molecule has 19 heavy (non-hydrogen) atoms. The minimum absolute atomic E-state index is 0.458. The molecular formula is C16H18OS2. The Morgan fingerprint density at radius 1 is 1.05 bits per heavy atom. The van der Waals surface area contributed by atoms with Crippen LogP contribution in [0.2, 0.25) is 0 Å². The second-order valence-corrected chi connectivity index (χ2v) is 5.68. The summed E-state index contributed by atoms with van der Waals surface area (Å²) in [5.41, 5.74) is 1.35. The average Bonchev–Trinajstić information content (AvgIpc) is 2.49. The molecule has 0 aliphatic rings. The molecular weight excluding hydrogens is 272 g/mol. The summed E-state index contributed by atoms with van der Waals surface area (Å²) in [6.07, 6.45) is 0. The first-order chi connectivity index (χ1) is 9.35. The Hall–Kier alpha value is -1.06. The van der Waals surface area contributed by atoms with Gasteiger partial charge in [-0.2, -0.15) is 12.6 Å². The quantitative estimate of drug-likeness (QED) is 0.619. The number of thiol groups is 1. The fraction of sp³-hybridized carbons (Fsp3) is 0.250. The van der Waals surface area contributed by atoms with Gasteiger partial charge < -0.3 is 4.74 Å². The van der Waals surface area contributed by atoms with Crippen molar-refractivity contribution in [3.63, 3.8) is 0 Å². The molecule has 1 unspecified atom stereocenters. The van der Waals surface area contributed by atoms with Gasteiger partial charge in [-0.25, -0.2) is 0 Å². The summed E-state index contributed by atoms with van der Waals surface area (Å²) in [6.45, 7) is 0. The molecule has 0 saturated carbocycles. The second-order valence-electron chi connectivity index (χ2n) is 4.25. The summed E-state index contributed by atoms with van der Waals surface area (Å²) < 4.78 is 5.38. The number of hydrogen-bond donors (Lipinski definition) is 1. The van der Waals surface area contributed by atoms with E-state index in [0.29, 0.717) is 5.92 Å². The highest BCUT2D eigenvalue weighted by atomic mass is 32.2. The fourth-order valence-electron chi connectivity index (χ4n) is 1.91. The van der Waals surface area contributed by atoms with E-state index in [-0.39, 0.29) is 0 Å². The lowest BCUT2D eigenvalue weighted by Gasteiger charge is -2.15. The number of benzene rings is 2. The van der Waals surface area contributed by atoms with E-state index >= 15 is 0 Å². The third-order valence-electron chi connectivity index (χ3n) is 3.00. The van der Waals surface area contributed by atoms with E-state index in [0.717, 1.165) is 17.3 Å². The zero-order valence-electron chi connectivity index (χ0n) is 11.0. The van der Waals surface area contributed by atoms with E-state index in [1.807, 2.05) is 36.0 Å². The normalized spacial score (nSPS) is 12.1. The highest BCUT2D eigenvalue weighted by molar-refractivity contribution is 7.99. The van der Waals surface area contributed by atoms with Crippen LogP contribution in [0.1, 0.15) is 11.5 Å². The maximum atomic E-state index is 5.38. The Morgan fingerprint density at radius 2 is 1.74 bits per heavy atom. The first-order valence-corrected chi connectivity index (χ1v) is 7.88. The number of methoxy groups -OCH3 is 1. The number of ether oxygens (including phenoxy) is 1. The van der Waals surface area contributed by atoms with Gasteiger partial charge in [0, 0.05) is 16.6 Å². The van der Waals surface area contributed by atoms with Crippen LogP contribution in [-0.4, -0.2) is 18.6 Å². The smallest absolute Gasteiger partial charge is 0.132 e. The van der Waals surface area contributed by atoms with Gasteiger partial charge in [-0.15, -0.1) is 11.8 Å². The Balaban J connectivity index is 2.04. The zero-order valence-corrected chi connectivity index (χ0v) is 12.7. The van der Waals surface area contributed by atoms with Crippen molar-refractivity contribution in [3.8, 4) is 5.75 Å². The molecule has 0 amide bonds. The lowest BCUT2D eigenvalue weighted by molar-refractivity contribution is 0.405. The van der Waals surface area contributed by atoms with Crippen molar-refractivity contribution in [3.05, 3.63) is 60.2 Å². The largest absolute Gasteiger partial charge is 0.496 e. The van der Waals surface area contributed by atoms with Crippen LogP contribution in [0.15, 0.2) is 59.5 Å². The standard InChI is InChI=1S/C16H18OS2/c1-17-15-9-5-6-10-16(15)19-12-14(11-18)13-7-3-2-4-8-13/h2-10,14,18H,11-12H2,1H3. The molecule has 3 heteroatoms. The van der Waals surface area contributed by atoms with Crippen molar-refractivity contribution < 1.29 is 4.74 Å². The van der Waals surface area contributed by atoms with Crippen LogP contribution in [0.25, 0.3) is 0 Å². The van der Waals surface area contributed by atoms with Crippen molar-refractivity contribution in [2.45, 2.75) is 10.8 Å². The maximum absolute atomic E-state index is 5.38. The van der Waals surface area contributed by atoms with Crippen LogP contribution in [0, 0.1) is 0 Å². The highest BCUT2D eigenvalue weighted by Crippen LogP contribution is 2.32. The molecule has 0 saturated heterocycles. The van der Waals surface area contributed by atoms with Crippen molar-refractivity contribution in [2.24, 2.45) is 0 Å². The third-order valence-corrected chi connectivity index (χ3v) is 4.66. The zero-order chi connectivity index (χ0) is 13.5. The molecule has 2 aromatic rings. The van der Waals surface area contributed by atoms with Crippen LogP contribution in [0.4, 0.5) is 0 Å². The first-order valence-electron chi connectivity index (χ1n) is 6.26. The minimum Gasteiger partial charge on any atom is -0.496 e. The van der Waals surface area contributed by atoms with Gasteiger partial charge in [0.05, 0.1) is 7.11 Å².